The summed E-state index contributed by atoms with van der Waals surface area (Å²) in [6.07, 6.45) is 1.63. The van der Waals surface area contributed by atoms with Crippen LogP contribution >= 0.6 is 0 Å². The Labute approximate surface area is 99.5 Å². The third-order valence-corrected chi connectivity index (χ3v) is 2.48. The molecule has 0 atom stereocenters. The summed E-state index contributed by atoms with van der Waals surface area (Å²) in [4.78, 5) is 13.0. The van der Waals surface area contributed by atoms with Gasteiger partial charge in [-0.05, 0) is 6.07 Å². The summed E-state index contributed by atoms with van der Waals surface area (Å²) in [6.45, 7) is 0.253. The molecule has 1 N–H and O–H groups in total. The van der Waals surface area contributed by atoms with Crippen LogP contribution in [0.5, 0.6) is 0 Å². The number of anilines is 1. The van der Waals surface area contributed by atoms with Crippen LogP contribution in [0.2, 0.25) is 0 Å². The molecule has 0 saturated carbocycles. The lowest BCUT2D eigenvalue weighted by Crippen LogP contribution is -2.28. The molecule has 1 aromatic heterocycles. The third-order valence-electron chi connectivity index (χ3n) is 2.48. The van der Waals surface area contributed by atoms with Gasteiger partial charge in [-0.3, -0.25) is 4.79 Å². The maximum absolute atomic E-state index is 11.5. The number of carbonyl (C=O) groups is 1. The predicted molar refractivity (Wildman–Crippen MR) is 66.7 cm³/mol. The molecule has 0 fully saturated rings. The van der Waals surface area contributed by atoms with E-state index in [9.17, 15) is 4.79 Å². The molecule has 88 valence electrons. The molecule has 5 nitrogen and oxygen atoms in total. The van der Waals surface area contributed by atoms with Crippen LogP contribution in [0.1, 0.15) is 0 Å². The quantitative estimate of drug-likeness (QED) is 0.858. The zero-order chi connectivity index (χ0) is 12.3. The molecule has 0 spiro atoms. The third kappa shape index (κ3) is 2.50. The van der Waals surface area contributed by atoms with Gasteiger partial charge in [-0.2, -0.15) is 10.2 Å². The number of nitrogens with zero attached hydrogens (tertiary/aromatic N) is 3. The number of carbonyl (C=O) groups excluding carboxylic acids is 1. The van der Waals surface area contributed by atoms with E-state index in [1.54, 1.807) is 25.2 Å². The minimum absolute atomic E-state index is 0.0193. The second-order valence-corrected chi connectivity index (χ2v) is 3.92. The highest BCUT2D eigenvalue weighted by molar-refractivity contribution is 5.92. The Balaban J connectivity index is 2.21. The van der Waals surface area contributed by atoms with Gasteiger partial charge in [0, 0.05) is 19.5 Å². The molecule has 1 amide bonds. The molecule has 0 aliphatic heterocycles. The van der Waals surface area contributed by atoms with Crippen LogP contribution in [0, 0.1) is 0 Å². The van der Waals surface area contributed by atoms with Crippen LogP contribution in [-0.2, 0) is 4.79 Å². The maximum Gasteiger partial charge on any atom is 0.241 e. The monoisotopic (exact) mass is 230 g/mol. The van der Waals surface area contributed by atoms with Gasteiger partial charge in [0.05, 0.1) is 23.9 Å². The first-order valence-electron chi connectivity index (χ1n) is 5.33. The molecule has 17 heavy (non-hydrogen) atoms. The van der Waals surface area contributed by atoms with Crippen molar-refractivity contribution in [1.82, 2.24) is 15.1 Å². The number of fused-ring (bicyclic) bond motifs is 1. The van der Waals surface area contributed by atoms with Gasteiger partial charge in [0.15, 0.2) is 0 Å². The molecule has 0 aliphatic rings. The van der Waals surface area contributed by atoms with Gasteiger partial charge in [0.1, 0.15) is 0 Å². The van der Waals surface area contributed by atoms with E-state index in [0.717, 1.165) is 16.6 Å². The Bertz CT molecular complexity index is 534. The van der Waals surface area contributed by atoms with E-state index >= 15 is 0 Å². The number of rotatable bonds is 3. The van der Waals surface area contributed by atoms with Crippen molar-refractivity contribution in [3.8, 4) is 0 Å². The molecule has 0 aliphatic carbocycles. The van der Waals surface area contributed by atoms with Gasteiger partial charge in [-0.15, -0.1) is 0 Å². The molecule has 5 heteroatoms. The highest BCUT2D eigenvalue weighted by Crippen LogP contribution is 2.19. The number of nitrogens with one attached hydrogen (secondary N) is 1. The van der Waals surface area contributed by atoms with Crippen molar-refractivity contribution in [3.63, 3.8) is 0 Å². The number of hydrogen-bond donors (Lipinski definition) is 1. The standard InChI is InChI=1S/C12H14N4O/c1-16(2)12(17)8-13-11-7-14-15-10-6-4-3-5-9(10)11/h3-7H,8H2,1-2H3,(H,13,15). The van der Waals surface area contributed by atoms with Gasteiger partial charge in [0.2, 0.25) is 5.91 Å². The fraction of sp³-hybridized carbons (Fsp3) is 0.250. The summed E-state index contributed by atoms with van der Waals surface area (Å²) in [5, 5.41) is 12.0. The second-order valence-electron chi connectivity index (χ2n) is 3.92. The first-order chi connectivity index (χ1) is 8.18. The number of aromatic nitrogens is 2. The lowest BCUT2D eigenvalue weighted by atomic mass is 10.2. The van der Waals surface area contributed by atoms with E-state index in [1.807, 2.05) is 24.3 Å². The van der Waals surface area contributed by atoms with Gasteiger partial charge < -0.3 is 10.2 Å². The van der Waals surface area contributed by atoms with Crippen LogP contribution in [0.3, 0.4) is 0 Å². The molecule has 0 unspecified atom stereocenters. The van der Waals surface area contributed by atoms with E-state index in [-0.39, 0.29) is 12.5 Å². The van der Waals surface area contributed by atoms with Crippen molar-refractivity contribution in [2.45, 2.75) is 0 Å². The summed E-state index contributed by atoms with van der Waals surface area (Å²) in [5.41, 5.74) is 1.64. The fourth-order valence-corrected chi connectivity index (χ4v) is 1.48. The lowest BCUT2D eigenvalue weighted by Gasteiger charge is -2.12. The lowest BCUT2D eigenvalue weighted by molar-refractivity contribution is -0.126. The van der Waals surface area contributed by atoms with Crippen LogP contribution < -0.4 is 5.32 Å². The van der Waals surface area contributed by atoms with Gasteiger partial charge in [-0.25, -0.2) is 0 Å². The fourth-order valence-electron chi connectivity index (χ4n) is 1.48. The molecular weight excluding hydrogens is 216 g/mol. The number of benzene rings is 1. The molecular formula is C12H14N4O. The summed E-state index contributed by atoms with van der Waals surface area (Å²) in [6, 6.07) is 7.68. The van der Waals surface area contributed by atoms with Crippen molar-refractivity contribution in [3.05, 3.63) is 30.5 Å². The van der Waals surface area contributed by atoms with Crippen molar-refractivity contribution in [2.24, 2.45) is 0 Å². The molecule has 1 aromatic carbocycles. The summed E-state index contributed by atoms with van der Waals surface area (Å²) in [5.74, 6) is 0.0193. The predicted octanol–water partition coefficient (Wildman–Crippen LogP) is 1.13. The summed E-state index contributed by atoms with van der Waals surface area (Å²) < 4.78 is 0. The number of hydrogen-bond acceptors (Lipinski definition) is 4. The second kappa shape index (κ2) is 4.78. The Morgan fingerprint density at radius 1 is 1.35 bits per heavy atom. The average molecular weight is 230 g/mol. The van der Waals surface area contributed by atoms with E-state index < -0.39 is 0 Å². The van der Waals surface area contributed by atoms with Crippen LogP contribution in [0.25, 0.3) is 10.9 Å². The van der Waals surface area contributed by atoms with Crippen molar-refractivity contribution >= 4 is 22.5 Å². The Morgan fingerprint density at radius 2 is 2.12 bits per heavy atom. The van der Waals surface area contributed by atoms with Gasteiger partial charge in [-0.1, -0.05) is 18.2 Å². The minimum atomic E-state index is 0.0193. The molecule has 0 radical (unpaired) electrons. The van der Waals surface area contributed by atoms with Crippen LogP contribution in [0.15, 0.2) is 30.5 Å². The smallest absolute Gasteiger partial charge is 0.241 e. The van der Waals surface area contributed by atoms with Crippen molar-refractivity contribution < 1.29 is 4.79 Å². The normalized spacial score (nSPS) is 10.2. The Hall–Kier alpha value is -2.17. The topological polar surface area (TPSA) is 58.1 Å². The van der Waals surface area contributed by atoms with Gasteiger partial charge >= 0.3 is 0 Å². The van der Waals surface area contributed by atoms with E-state index in [0.29, 0.717) is 0 Å². The van der Waals surface area contributed by atoms with Crippen LogP contribution in [-0.4, -0.2) is 41.6 Å². The first kappa shape index (κ1) is 11.3. The minimum Gasteiger partial charge on any atom is -0.374 e. The average Bonchev–Trinajstić information content (AvgIpc) is 2.35. The summed E-state index contributed by atoms with van der Waals surface area (Å²) >= 11 is 0. The summed E-state index contributed by atoms with van der Waals surface area (Å²) in [7, 11) is 3.46. The number of likely N-dealkylation sites (N-methyl/N-ethyl adjacent to an activating group) is 1. The Morgan fingerprint density at radius 3 is 2.88 bits per heavy atom. The molecule has 2 rings (SSSR count). The van der Waals surface area contributed by atoms with E-state index in [2.05, 4.69) is 15.5 Å². The van der Waals surface area contributed by atoms with E-state index in [4.69, 9.17) is 0 Å². The SMILES string of the molecule is CN(C)C(=O)CNc1cnnc2ccccc12. The molecule has 2 aromatic rings. The van der Waals surface area contributed by atoms with Gasteiger partial charge in [0.25, 0.3) is 0 Å². The van der Waals surface area contributed by atoms with Crippen LogP contribution in [0.4, 0.5) is 5.69 Å². The molecule has 0 saturated heterocycles. The largest absolute Gasteiger partial charge is 0.374 e. The van der Waals surface area contributed by atoms with Crippen molar-refractivity contribution in [1.29, 1.82) is 0 Å². The zero-order valence-corrected chi connectivity index (χ0v) is 9.84. The molecule has 1 heterocycles. The maximum atomic E-state index is 11.5. The zero-order valence-electron chi connectivity index (χ0n) is 9.84. The number of amides is 1. The van der Waals surface area contributed by atoms with E-state index in [1.165, 1.54) is 0 Å². The Kier molecular flexibility index (Phi) is 3.18. The first-order valence-corrected chi connectivity index (χ1v) is 5.33. The highest BCUT2D eigenvalue weighted by atomic mass is 16.2. The molecule has 0 bridgehead atoms. The highest BCUT2D eigenvalue weighted by Gasteiger charge is 2.06. The van der Waals surface area contributed by atoms with Crippen molar-refractivity contribution in [2.75, 3.05) is 26.0 Å².